The van der Waals surface area contributed by atoms with E-state index in [9.17, 15) is 4.79 Å². The van der Waals surface area contributed by atoms with E-state index in [1.54, 1.807) is 14.0 Å². The molecule has 4 nitrogen and oxygen atoms in total. The number of ether oxygens (including phenoxy) is 2. The highest BCUT2D eigenvalue weighted by atomic mass is 79.9. The molecule has 0 saturated carbocycles. The Morgan fingerprint density at radius 1 is 1.17 bits per heavy atom. The van der Waals surface area contributed by atoms with Crippen molar-refractivity contribution in [1.29, 1.82) is 0 Å². The van der Waals surface area contributed by atoms with E-state index in [1.807, 2.05) is 49.4 Å². The van der Waals surface area contributed by atoms with Gasteiger partial charge in [0.15, 0.2) is 6.10 Å². The third-order valence-corrected chi connectivity index (χ3v) is 4.18. The third kappa shape index (κ3) is 5.35. The van der Waals surface area contributed by atoms with Crippen LogP contribution >= 0.6 is 15.9 Å². The molecule has 2 aromatic rings. The molecule has 0 aliphatic carbocycles. The fourth-order valence-electron chi connectivity index (χ4n) is 2.20. The molecule has 0 fully saturated rings. The Bertz CT molecular complexity index is 686. The molecule has 24 heavy (non-hydrogen) atoms. The van der Waals surface area contributed by atoms with Gasteiger partial charge in [0.1, 0.15) is 5.75 Å². The number of hydrogen-bond donors (Lipinski definition) is 1. The van der Waals surface area contributed by atoms with Crippen molar-refractivity contribution < 1.29 is 14.3 Å². The summed E-state index contributed by atoms with van der Waals surface area (Å²) in [7, 11) is 1.67. The van der Waals surface area contributed by atoms with E-state index in [1.165, 1.54) is 0 Å². The van der Waals surface area contributed by atoms with Crippen molar-refractivity contribution in [3.05, 3.63) is 63.6 Å². The highest BCUT2D eigenvalue weighted by Gasteiger charge is 2.15. The van der Waals surface area contributed by atoms with Gasteiger partial charge in [-0.3, -0.25) is 4.79 Å². The zero-order chi connectivity index (χ0) is 17.5. The number of benzene rings is 2. The molecular formula is C19H22BrNO3. The first-order valence-electron chi connectivity index (χ1n) is 7.77. The first-order chi connectivity index (χ1) is 11.5. The number of carbonyl (C=O) groups is 1. The molecule has 0 aromatic heterocycles. The third-order valence-electron chi connectivity index (χ3n) is 3.56. The van der Waals surface area contributed by atoms with E-state index < -0.39 is 6.10 Å². The maximum absolute atomic E-state index is 12.2. The van der Waals surface area contributed by atoms with Crippen LogP contribution in [0.15, 0.2) is 46.9 Å². The summed E-state index contributed by atoms with van der Waals surface area (Å²) in [6, 6.07) is 13.7. The first-order valence-corrected chi connectivity index (χ1v) is 8.56. The smallest absolute Gasteiger partial charge is 0.261 e. The van der Waals surface area contributed by atoms with Gasteiger partial charge in [-0.1, -0.05) is 30.3 Å². The molecule has 1 amide bonds. The quantitative estimate of drug-likeness (QED) is 0.775. The lowest BCUT2D eigenvalue weighted by molar-refractivity contribution is -0.127. The van der Waals surface area contributed by atoms with Crippen LogP contribution in [-0.4, -0.2) is 19.1 Å². The SMILES string of the molecule is COCc1ccc(CNC(=O)C(C)Oc2ccc(C)cc2Br)cc1. The molecule has 0 spiro atoms. The van der Waals surface area contributed by atoms with E-state index >= 15 is 0 Å². The summed E-state index contributed by atoms with van der Waals surface area (Å²) in [6.45, 7) is 4.80. The molecule has 0 aliphatic rings. The van der Waals surface area contributed by atoms with Crippen LogP contribution in [0.4, 0.5) is 0 Å². The van der Waals surface area contributed by atoms with Crippen LogP contribution in [0, 0.1) is 6.92 Å². The van der Waals surface area contributed by atoms with Gasteiger partial charge in [0.05, 0.1) is 11.1 Å². The molecule has 1 N–H and O–H groups in total. The van der Waals surface area contributed by atoms with Gasteiger partial charge in [0.25, 0.3) is 5.91 Å². The van der Waals surface area contributed by atoms with Gasteiger partial charge in [-0.25, -0.2) is 0 Å². The molecule has 0 bridgehead atoms. The van der Waals surface area contributed by atoms with Crippen LogP contribution in [0.25, 0.3) is 0 Å². The first kappa shape index (κ1) is 18.5. The average molecular weight is 392 g/mol. The van der Waals surface area contributed by atoms with Gasteiger partial charge in [-0.05, 0) is 58.6 Å². The van der Waals surface area contributed by atoms with Crippen LogP contribution in [0.3, 0.4) is 0 Å². The molecule has 2 rings (SSSR count). The standard InChI is InChI=1S/C19H22BrNO3/c1-13-4-9-18(17(20)10-13)24-14(2)19(22)21-11-15-5-7-16(8-6-15)12-23-3/h4-10,14H,11-12H2,1-3H3,(H,21,22). The van der Waals surface area contributed by atoms with E-state index in [0.717, 1.165) is 21.2 Å². The van der Waals surface area contributed by atoms with Crippen molar-refractivity contribution in [2.45, 2.75) is 33.1 Å². The van der Waals surface area contributed by atoms with Crippen molar-refractivity contribution in [3.63, 3.8) is 0 Å². The van der Waals surface area contributed by atoms with Crippen LogP contribution in [-0.2, 0) is 22.7 Å². The molecule has 2 aromatic carbocycles. The number of rotatable bonds is 7. The molecule has 1 atom stereocenters. The summed E-state index contributed by atoms with van der Waals surface area (Å²) in [5, 5.41) is 2.89. The van der Waals surface area contributed by atoms with Gasteiger partial charge in [-0.15, -0.1) is 0 Å². The summed E-state index contributed by atoms with van der Waals surface area (Å²) < 4.78 is 11.7. The Hall–Kier alpha value is -1.85. The second-order valence-corrected chi connectivity index (χ2v) is 6.52. The minimum Gasteiger partial charge on any atom is -0.480 e. The molecule has 0 heterocycles. The predicted molar refractivity (Wildman–Crippen MR) is 98.0 cm³/mol. The maximum atomic E-state index is 12.2. The van der Waals surface area contributed by atoms with E-state index in [0.29, 0.717) is 18.9 Å². The van der Waals surface area contributed by atoms with Gasteiger partial charge < -0.3 is 14.8 Å². The molecule has 128 valence electrons. The maximum Gasteiger partial charge on any atom is 0.261 e. The average Bonchev–Trinajstić information content (AvgIpc) is 2.56. The van der Waals surface area contributed by atoms with Crippen LogP contribution in [0.5, 0.6) is 5.75 Å². The van der Waals surface area contributed by atoms with E-state index in [4.69, 9.17) is 9.47 Å². The topological polar surface area (TPSA) is 47.6 Å². The predicted octanol–water partition coefficient (Wildman–Crippen LogP) is 3.99. The Balaban J connectivity index is 1.87. The van der Waals surface area contributed by atoms with Crippen molar-refractivity contribution in [3.8, 4) is 5.75 Å². The number of halogens is 1. The lowest BCUT2D eigenvalue weighted by Crippen LogP contribution is -2.35. The minimum absolute atomic E-state index is 0.150. The van der Waals surface area contributed by atoms with Gasteiger partial charge in [0.2, 0.25) is 0 Å². The minimum atomic E-state index is -0.572. The number of amides is 1. The van der Waals surface area contributed by atoms with Crippen LogP contribution in [0.2, 0.25) is 0 Å². The summed E-state index contributed by atoms with van der Waals surface area (Å²) in [4.78, 5) is 12.2. The van der Waals surface area contributed by atoms with E-state index in [2.05, 4.69) is 21.2 Å². The van der Waals surface area contributed by atoms with Crippen LogP contribution < -0.4 is 10.1 Å². The number of hydrogen-bond acceptors (Lipinski definition) is 3. The lowest BCUT2D eigenvalue weighted by atomic mass is 10.1. The second kappa shape index (κ2) is 8.85. The summed E-state index contributed by atoms with van der Waals surface area (Å²) >= 11 is 3.45. The fraction of sp³-hybridized carbons (Fsp3) is 0.316. The summed E-state index contributed by atoms with van der Waals surface area (Å²) in [5.41, 5.74) is 3.27. The molecule has 5 heteroatoms. The molecule has 0 saturated heterocycles. The Kier molecular flexibility index (Phi) is 6.82. The van der Waals surface area contributed by atoms with Crippen molar-refractivity contribution in [1.82, 2.24) is 5.32 Å². The van der Waals surface area contributed by atoms with Gasteiger partial charge in [-0.2, -0.15) is 0 Å². The highest BCUT2D eigenvalue weighted by Crippen LogP contribution is 2.26. The van der Waals surface area contributed by atoms with Crippen molar-refractivity contribution in [2.24, 2.45) is 0 Å². The Morgan fingerprint density at radius 2 is 1.83 bits per heavy atom. The van der Waals surface area contributed by atoms with Crippen molar-refractivity contribution in [2.75, 3.05) is 7.11 Å². The molecule has 0 aliphatic heterocycles. The summed E-state index contributed by atoms with van der Waals surface area (Å²) in [6.07, 6.45) is -0.572. The van der Waals surface area contributed by atoms with Gasteiger partial charge in [0, 0.05) is 13.7 Å². The number of carbonyl (C=O) groups excluding carboxylic acids is 1. The fourth-order valence-corrected chi connectivity index (χ4v) is 2.79. The lowest BCUT2D eigenvalue weighted by Gasteiger charge is -2.16. The second-order valence-electron chi connectivity index (χ2n) is 5.66. The molecule has 0 radical (unpaired) electrons. The monoisotopic (exact) mass is 391 g/mol. The Morgan fingerprint density at radius 3 is 2.46 bits per heavy atom. The zero-order valence-corrected chi connectivity index (χ0v) is 15.7. The normalized spacial score (nSPS) is 11.8. The summed E-state index contributed by atoms with van der Waals surface area (Å²) in [5.74, 6) is 0.510. The van der Waals surface area contributed by atoms with Crippen molar-refractivity contribution >= 4 is 21.8 Å². The number of aryl methyl sites for hydroxylation is 1. The number of nitrogens with one attached hydrogen (secondary N) is 1. The van der Waals surface area contributed by atoms with E-state index in [-0.39, 0.29) is 5.91 Å². The number of methoxy groups -OCH3 is 1. The van der Waals surface area contributed by atoms with Gasteiger partial charge >= 0.3 is 0 Å². The molecular weight excluding hydrogens is 370 g/mol. The Labute approximate surface area is 151 Å². The zero-order valence-electron chi connectivity index (χ0n) is 14.1. The highest BCUT2D eigenvalue weighted by molar-refractivity contribution is 9.10. The molecule has 1 unspecified atom stereocenters. The van der Waals surface area contributed by atoms with Crippen LogP contribution in [0.1, 0.15) is 23.6 Å². The largest absolute Gasteiger partial charge is 0.480 e.